The maximum Gasteiger partial charge on any atom is 0.212 e. The van der Waals surface area contributed by atoms with E-state index in [-0.39, 0.29) is 17.0 Å². The zero-order valence-electron chi connectivity index (χ0n) is 22.2. The molecule has 2 aliphatic carbocycles. The van der Waals surface area contributed by atoms with Crippen LogP contribution in [0.3, 0.4) is 0 Å². The number of hydrogen-bond acceptors (Lipinski definition) is 6. The molecule has 0 saturated heterocycles. The standard InChI is InChI=1S/C28H39N5O3S/c1-4-5-12-23-32-24-25(20-10-6-7-11-21(20)31-26(24)29)33(23)16-9-8-15-30-37(35,36)18-28-14-13-19(17-22(28)34)27(28,2)3/h6-7,10-11,19,30H,4-5,8-9,12-18H2,1-3H3,(H2,29,31)/t19-,28+/m1/s1. The molecule has 2 bridgehead atoms. The predicted molar refractivity (Wildman–Crippen MR) is 148 cm³/mol. The van der Waals surface area contributed by atoms with Crippen LogP contribution in [0.2, 0.25) is 0 Å². The van der Waals surface area contributed by atoms with Gasteiger partial charge in [0.05, 0.1) is 16.8 Å². The van der Waals surface area contributed by atoms with E-state index in [9.17, 15) is 13.2 Å². The molecular weight excluding hydrogens is 486 g/mol. The number of anilines is 1. The summed E-state index contributed by atoms with van der Waals surface area (Å²) in [5, 5.41) is 1.03. The predicted octanol–water partition coefficient (Wildman–Crippen LogP) is 4.60. The van der Waals surface area contributed by atoms with Crippen LogP contribution in [0.4, 0.5) is 5.82 Å². The van der Waals surface area contributed by atoms with Crippen LogP contribution in [-0.2, 0) is 27.8 Å². The van der Waals surface area contributed by atoms with E-state index in [4.69, 9.17) is 10.7 Å². The number of ketones is 1. The molecule has 3 aromatic rings. The Bertz CT molecular complexity index is 1450. The van der Waals surface area contributed by atoms with Crippen molar-refractivity contribution in [2.45, 2.75) is 78.7 Å². The number of hydrogen-bond donors (Lipinski definition) is 2. The second-order valence-corrected chi connectivity index (χ2v) is 13.3. The van der Waals surface area contributed by atoms with E-state index in [0.717, 1.165) is 66.4 Å². The number of aryl methyl sites for hydroxylation is 2. The van der Waals surface area contributed by atoms with Crippen molar-refractivity contribution in [3.63, 3.8) is 0 Å². The van der Waals surface area contributed by atoms with Crippen LogP contribution >= 0.6 is 0 Å². The molecule has 5 rings (SSSR count). The third-order valence-electron chi connectivity index (χ3n) is 9.15. The summed E-state index contributed by atoms with van der Waals surface area (Å²) in [6.45, 7) is 7.39. The molecule has 0 aliphatic heterocycles. The van der Waals surface area contributed by atoms with E-state index in [1.807, 2.05) is 18.2 Å². The largest absolute Gasteiger partial charge is 0.382 e. The topological polar surface area (TPSA) is 120 Å². The number of benzene rings is 1. The number of nitrogens with one attached hydrogen (secondary N) is 1. The van der Waals surface area contributed by atoms with E-state index in [0.29, 0.717) is 37.5 Å². The Kier molecular flexibility index (Phi) is 6.81. The molecule has 0 radical (unpaired) electrons. The fourth-order valence-electron chi connectivity index (χ4n) is 6.78. The Hall–Kier alpha value is -2.52. The first-order chi connectivity index (χ1) is 17.6. The van der Waals surface area contributed by atoms with E-state index >= 15 is 0 Å². The summed E-state index contributed by atoms with van der Waals surface area (Å²) in [7, 11) is -3.55. The van der Waals surface area contributed by atoms with Gasteiger partial charge in [0.2, 0.25) is 10.0 Å². The molecule has 2 fully saturated rings. The lowest BCUT2D eigenvalue weighted by Gasteiger charge is -2.36. The highest BCUT2D eigenvalue weighted by Crippen LogP contribution is 2.64. The van der Waals surface area contributed by atoms with Crippen molar-refractivity contribution < 1.29 is 13.2 Å². The van der Waals surface area contributed by atoms with E-state index in [1.54, 1.807) is 0 Å². The summed E-state index contributed by atoms with van der Waals surface area (Å²) < 4.78 is 31.1. The molecule has 37 heavy (non-hydrogen) atoms. The summed E-state index contributed by atoms with van der Waals surface area (Å²) in [5.74, 6) is 1.79. The average molecular weight is 526 g/mol. The zero-order chi connectivity index (χ0) is 26.4. The van der Waals surface area contributed by atoms with Gasteiger partial charge in [-0.05, 0) is 49.5 Å². The first-order valence-corrected chi connectivity index (χ1v) is 15.3. The van der Waals surface area contributed by atoms with Crippen LogP contribution in [0.15, 0.2) is 24.3 Å². The number of nitrogen functional groups attached to an aromatic ring is 1. The monoisotopic (exact) mass is 525 g/mol. The Morgan fingerprint density at radius 3 is 2.65 bits per heavy atom. The molecule has 0 spiro atoms. The number of imidazole rings is 1. The highest BCUT2D eigenvalue weighted by molar-refractivity contribution is 7.89. The molecule has 2 aromatic heterocycles. The van der Waals surface area contributed by atoms with Crippen molar-refractivity contribution in [2.75, 3.05) is 18.0 Å². The molecule has 8 nitrogen and oxygen atoms in total. The Morgan fingerprint density at radius 1 is 1.16 bits per heavy atom. The zero-order valence-corrected chi connectivity index (χ0v) is 23.0. The quantitative estimate of drug-likeness (QED) is 0.353. The lowest BCUT2D eigenvalue weighted by Crippen LogP contribution is -2.45. The molecule has 200 valence electrons. The highest BCUT2D eigenvalue weighted by Gasteiger charge is 2.65. The van der Waals surface area contributed by atoms with Crippen LogP contribution in [0.1, 0.15) is 71.5 Å². The van der Waals surface area contributed by atoms with Gasteiger partial charge in [-0.1, -0.05) is 45.4 Å². The number of sulfonamides is 1. The number of Topliss-reactive ketones (excluding diaryl/α,β-unsaturated/α-hetero) is 1. The fraction of sp³-hybridized carbons (Fsp3) is 0.607. The van der Waals surface area contributed by atoms with Crippen molar-refractivity contribution in [2.24, 2.45) is 16.7 Å². The normalized spacial score (nSPS) is 23.0. The van der Waals surface area contributed by atoms with Crippen molar-refractivity contribution in [3.8, 4) is 0 Å². The third kappa shape index (κ3) is 4.44. The first-order valence-electron chi connectivity index (χ1n) is 13.6. The number of unbranched alkanes of at least 4 members (excludes halogenated alkanes) is 2. The molecule has 2 atom stereocenters. The van der Waals surface area contributed by atoms with Gasteiger partial charge in [0.25, 0.3) is 0 Å². The van der Waals surface area contributed by atoms with Gasteiger partial charge in [0, 0.05) is 36.7 Å². The first kappa shape index (κ1) is 26.1. The Labute approximate surface area is 219 Å². The number of rotatable bonds is 11. The van der Waals surface area contributed by atoms with Crippen LogP contribution in [-0.4, -0.2) is 41.0 Å². The summed E-state index contributed by atoms with van der Waals surface area (Å²) in [6, 6.07) is 7.97. The molecule has 2 saturated carbocycles. The molecular formula is C28H39N5O3S. The molecule has 2 aliphatic rings. The minimum atomic E-state index is -3.55. The molecule has 0 unspecified atom stereocenters. The minimum absolute atomic E-state index is 0.0894. The molecule has 2 heterocycles. The molecule has 0 amide bonds. The van der Waals surface area contributed by atoms with Crippen LogP contribution < -0.4 is 10.5 Å². The summed E-state index contributed by atoms with van der Waals surface area (Å²) in [4.78, 5) is 22.2. The van der Waals surface area contributed by atoms with Gasteiger partial charge in [-0.2, -0.15) is 0 Å². The number of carbonyl (C=O) groups is 1. The lowest BCUT2D eigenvalue weighted by atomic mass is 9.70. The maximum atomic E-state index is 13.0. The van der Waals surface area contributed by atoms with Crippen LogP contribution in [0, 0.1) is 16.7 Å². The Balaban J connectivity index is 1.28. The Morgan fingerprint density at radius 2 is 1.95 bits per heavy atom. The van der Waals surface area contributed by atoms with Crippen molar-refractivity contribution in [1.29, 1.82) is 0 Å². The second-order valence-electron chi connectivity index (χ2n) is 11.5. The number of nitrogens with zero attached hydrogens (tertiary/aromatic N) is 3. The number of para-hydroxylation sites is 1. The number of carbonyl (C=O) groups excluding carboxylic acids is 1. The van der Waals surface area contributed by atoms with Gasteiger partial charge in [0.15, 0.2) is 5.82 Å². The van der Waals surface area contributed by atoms with E-state index in [1.165, 1.54) is 0 Å². The molecule has 1 aromatic carbocycles. The second kappa shape index (κ2) is 9.66. The van der Waals surface area contributed by atoms with Gasteiger partial charge in [0.1, 0.15) is 17.1 Å². The third-order valence-corrected chi connectivity index (χ3v) is 10.7. The van der Waals surface area contributed by atoms with Gasteiger partial charge < -0.3 is 10.3 Å². The summed E-state index contributed by atoms with van der Waals surface area (Å²) in [6.07, 6.45) is 6.60. The van der Waals surface area contributed by atoms with Crippen molar-refractivity contribution >= 4 is 43.6 Å². The van der Waals surface area contributed by atoms with Crippen LogP contribution in [0.5, 0.6) is 0 Å². The number of aromatic nitrogens is 3. The highest BCUT2D eigenvalue weighted by atomic mass is 32.2. The van der Waals surface area contributed by atoms with Crippen molar-refractivity contribution in [1.82, 2.24) is 19.3 Å². The fourth-order valence-corrected chi connectivity index (χ4v) is 8.66. The molecule has 9 heteroatoms. The molecule has 3 N–H and O–H groups in total. The smallest absolute Gasteiger partial charge is 0.212 e. The summed E-state index contributed by atoms with van der Waals surface area (Å²) >= 11 is 0. The van der Waals surface area contributed by atoms with Crippen molar-refractivity contribution in [3.05, 3.63) is 30.1 Å². The van der Waals surface area contributed by atoms with Gasteiger partial charge >= 0.3 is 0 Å². The maximum absolute atomic E-state index is 13.0. The van der Waals surface area contributed by atoms with Crippen LogP contribution in [0.25, 0.3) is 21.9 Å². The van der Waals surface area contributed by atoms with E-state index in [2.05, 4.69) is 41.1 Å². The lowest BCUT2D eigenvalue weighted by molar-refractivity contribution is -0.128. The summed E-state index contributed by atoms with van der Waals surface area (Å²) in [5.41, 5.74) is 7.90. The number of nitrogens with two attached hydrogens (primary N) is 1. The van der Waals surface area contributed by atoms with Gasteiger partial charge in [-0.25, -0.2) is 23.1 Å². The minimum Gasteiger partial charge on any atom is -0.382 e. The van der Waals surface area contributed by atoms with Gasteiger partial charge in [-0.3, -0.25) is 4.79 Å². The number of fused-ring (bicyclic) bond motifs is 5. The SMILES string of the molecule is CCCCc1nc2c(N)nc3ccccc3c2n1CCCCNS(=O)(=O)C[C@@]12CC[C@H](CC1=O)C2(C)C. The number of pyridine rings is 1. The van der Waals surface area contributed by atoms with E-state index < -0.39 is 15.4 Å². The van der Waals surface area contributed by atoms with Gasteiger partial charge in [-0.15, -0.1) is 0 Å². The average Bonchev–Trinajstić information content (AvgIpc) is 3.39.